The molecular weight excluding hydrogens is 283 g/mol. The van der Waals surface area contributed by atoms with E-state index in [1.807, 2.05) is 6.07 Å². The molecule has 1 N–H and O–H groups in total. The van der Waals surface area contributed by atoms with Gasteiger partial charge in [0.05, 0.1) is 11.6 Å². The monoisotopic (exact) mass is 297 g/mol. The Kier molecular flexibility index (Phi) is 4.48. The lowest BCUT2D eigenvalue weighted by Gasteiger charge is -2.28. The fourth-order valence-electron chi connectivity index (χ4n) is 2.27. The van der Waals surface area contributed by atoms with E-state index in [-0.39, 0.29) is 31.7 Å². The van der Waals surface area contributed by atoms with E-state index in [1.54, 1.807) is 24.3 Å². The second-order valence-electron chi connectivity index (χ2n) is 4.88. The summed E-state index contributed by atoms with van der Waals surface area (Å²) in [6, 6.07) is 6.71. The highest BCUT2D eigenvalue weighted by Crippen LogP contribution is 2.28. The van der Waals surface area contributed by atoms with E-state index in [0.29, 0.717) is 5.56 Å². The Hall–Kier alpha value is -2.07. The first-order chi connectivity index (χ1) is 9.90. The van der Waals surface area contributed by atoms with Crippen LogP contribution in [0.25, 0.3) is 0 Å². The van der Waals surface area contributed by atoms with Gasteiger partial charge in [0.1, 0.15) is 6.04 Å². The molecule has 1 heterocycles. The normalized spacial score (nSPS) is 17.3. The predicted octanol–water partition coefficient (Wildman–Crippen LogP) is 2.16. The predicted molar refractivity (Wildman–Crippen MR) is 68.8 cm³/mol. The molecule has 1 aromatic carbocycles. The van der Waals surface area contributed by atoms with Gasteiger partial charge >= 0.3 is 6.18 Å². The number of rotatable bonds is 4. The van der Waals surface area contributed by atoms with Gasteiger partial charge in [0.25, 0.3) is 0 Å². The summed E-state index contributed by atoms with van der Waals surface area (Å²) in [5.41, 5.74) is 3.45. The van der Waals surface area contributed by atoms with Crippen LogP contribution >= 0.6 is 0 Å². The van der Waals surface area contributed by atoms with Crippen LogP contribution in [0, 0.1) is 11.3 Å². The first kappa shape index (κ1) is 15.3. The third-order valence-corrected chi connectivity index (χ3v) is 3.39. The third kappa shape index (κ3) is 3.95. The number of hydrogen-bond acceptors (Lipinski definition) is 3. The van der Waals surface area contributed by atoms with Crippen molar-refractivity contribution in [3.63, 3.8) is 0 Å². The van der Waals surface area contributed by atoms with Crippen LogP contribution in [0.5, 0.6) is 0 Å². The average molecular weight is 297 g/mol. The molecule has 1 saturated heterocycles. The summed E-state index contributed by atoms with van der Waals surface area (Å²) >= 11 is 0. The maximum absolute atomic E-state index is 13.1. The number of carbonyl (C=O) groups excluding carboxylic acids is 1. The molecule has 0 aliphatic carbocycles. The summed E-state index contributed by atoms with van der Waals surface area (Å²) in [5.74, 6) is -0.386. The number of carbonyl (C=O) groups is 1. The van der Waals surface area contributed by atoms with Crippen LogP contribution in [0.3, 0.4) is 0 Å². The lowest BCUT2D eigenvalue weighted by molar-refractivity contribution is -0.189. The van der Waals surface area contributed by atoms with Gasteiger partial charge in [0.2, 0.25) is 5.91 Å². The Labute approximate surface area is 120 Å². The highest BCUT2D eigenvalue weighted by Gasteiger charge is 2.45. The molecule has 1 atom stereocenters. The Morgan fingerprint density at radius 1 is 1.33 bits per heavy atom. The minimum atomic E-state index is -4.40. The first-order valence-electron chi connectivity index (χ1n) is 6.52. The van der Waals surface area contributed by atoms with Gasteiger partial charge in [-0.2, -0.15) is 18.4 Å². The van der Waals surface area contributed by atoms with Crippen molar-refractivity contribution in [1.82, 2.24) is 10.4 Å². The van der Waals surface area contributed by atoms with Gasteiger partial charge in [0, 0.05) is 13.0 Å². The van der Waals surface area contributed by atoms with Crippen LogP contribution in [0.15, 0.2) is 24.3 Å². The zero-order chi connectivity index (χ0) is 15.5. The number of benzene rings is 1. The van der Waals surface area contributed by atoms with Crippen molar-refractivity contribution in [2.75, 3.05) is 6.54 Å². The van der Waals surface area contributed by atoms with Crippen LogP contribution in [0.4, 0.5) is 13.2 Å². The highest BCUT2D eigenvalue weighted by molar-refractivity contribution is 5.77. The van der Waals surface area contributed by atoms with Crippen molar-refractivity contribution in [3.05, 3.63) is 35.4 Å². The molecular formula is C14H14F3N3O. The average Bonchev–Trinajstić information content (AvgIpc) is 2.84. The second kappa shape index (κ2) is 6.14. The van der Waals surface area contributed by atoms with Crippen molar-refractivity contribution >= 4 is 5.91 Å². The zero-order valence-electron chi connectivity index (χ0n) is 11.2. The molecule has 4 nitrogen and oxygen atoms in total. The molecule has 0 aromatic heterocycles. The van der Waals surface area contributed by atoms with Gasteiger partial charge in [-0.05, 0) is 30.5 Å². The largest absolute Gasteiger partial charge is 0.405 e. The summed E-state index contributed by atoms with van der Waals surface area (Å²) in [6.07, 6.45) is -4.23. The number of aryl methyl sites for hydroxylation is 1. The Balaban J connectivity index is 2.02. The SMILES string of the molecule is N#Cc1ccc(CC[C@H](N2CCC(=O)N2)C(F)(F)F)cc1. The van der Waals surface area contributed by atoms with Gasteiger partial charge < -0.3 is 0 Å². The Bertz CT molecular complexity index is 548. The molecule has 0 radical (unpaired) electrons. The molecule has 1 fully saturated rings. The zero-order valence-corrected chi connectivity index (χ0v) is 11.2. The molecule has 21 heavy (non-hydrogen) atoms. The Morgan fingerprint density at radius 3 is 2.48 bits per heavy atom. The summed E-state index contributed by atoms with van der Waals surface area (Å²) in [6.45, 7) is 0.0659. The van der Waals surface area contributed by atoms with Crippen LogP contribution in [0.1, 0.15) is 24.0 Å². The third-order valence-electron chi connectivity index (χ3n) is 3.39. The standard InChI is InChI=1S/C14H14F3N3O/c15-14(16,17)12(20-8-7-13(21)19-20)6-5-10-1-3-11(9-18)4-2-10/h1-4,12H,5-8H2,(H,19,21)/t12-/m0/s1. The van der Waals surface area contributed by atoms with Crippen molar-refractivity contribution in [3.8, 4) is 6.07 Å². The number of alkyl halides is 3. The fraction of sp³-hybridized carbons (Fsp3) is 0.429. The summed E-state index contributed by atoms with van der Waals surface area (Å²) in [4.78, 5) is 11.1. The number of nitrogens with one attached hydrogen (secondary N) is 1. The Morgan fingerprint density at radius 2 is 2.00 bits per heavy atom. The van der Waals surface area contributed by atoms with E-state index in [0.717, 1.165) is 10.6 Å². The van der Waals surface area contributed by atoms with Gasteiger partial charge in [-0.25, -0.2) is 5.01 Å². The van der Waals surface area contributed by atoms with Crippen molar-refractivity contribution in [1.29, 1.82) is 5.26 Å². The molecule has 0 saturated carbocycles. The van der Waals surface area contributed by atoms with Crippen molar-refractivity contribution < 1.29 is 18.0 Å². The second-order valence-corrected chi connectivity index (χ2v) is 4.88. The van der Waals surface area contributed by atoms with E-state index in [2.05, 4.69) is 5.43 Å². The molecule has 0 spiro atoms. The molecule has 1 aromatic rings. The first-order valence-corrected chi connectivity index (χ1v) is 6.52. The van der Waals surface area contributed by atoms with Gasteiger partial charge in [-0.15, -0.1) is 0 Å². The summed E-state index contributed by atoms with van der Waals surface area (Å²) in [7, 11) is 0. The summed E-state index contributed by atoms with van der Waals surface area (Å²) in [5, 5.41) is 9.64. The highest BCUT2D eigenvalue weighted by atomic mass is 19.4. The maximum atomic E-state index is 13.1. The quantitative estimate of drug-likeness (QED) is 0.926. The molecule has 1 aliphatic heterocycles. The molecule has 7 heteroatoms. The summed E-state index contributed by atoms with van der Waals surface area (Å²) < 4.78 is 39.3. The smallest absolute Gasteiger partial charge is 0.288 e. The van der Waals surface area contributed by atoms with E-state index in [9.17, 15) is 18.0 Å². The number of hydrazine groups is 1. The number of amides is 1. The minimum Gasteiger partial charge on any atom is -0.288 e. The van der Waals surface area contributed by atoms with Crippen molar-refractivity contribution in [2.24, 2.45) is 0 Å². The number of nitriles is 1. The lowest BCUT2D eigenvalue weighted by atomic mass is 10.0. The van der Waals surface area contributed by atoms with Crippen LogP contribution in [0.2, 0.25) is 0 Å². The van der Waals surface area contributed by atoms with Gasteiger partial charge in [-0.1, -0.05) is 12.1 Å². The molecule has 2 rings (SSSR count). The molecule has 1 amide bonds. The minimum absolute atomic E-state index is 0.0659. The van der Waals surface area contributed by atoms with Crippen LogP contribution < -0.4 is 5.43 Å². The van der Waals surface area contributed by atoms with Gasteiger partial charge in [-0.3, -0.25) is 10.2 Å². The van der Waals surface area contributed by atoms with Gasteiger partial charge in [0.15, 0.2) is 0 Å². The fourth-order valence-corrected chi connectivity index (χ4v) is 2.27. The van der Waals surface area contributed by atoms with E-state index in [4.69, 9.17) is 5.26 Å². The maximum Gasteiger partial charge on any atom is 0.405 e. The van der Waals surface area contributed by atoms with Crippen LogP contribution in [-0.2, 0) is 11.2 Å². The van der Waals surface area contributed by atoms with E-state index in [1.165, 1.54) is 0 Å². The molecule has 0 unspecified atom stereocenters. The number of hydrogen-bond donors (Lipinski definition) is 1. The molecule has 1 aliphatic rings. The molecule has 0 bridgehead atoms. The topological polar surface area (TPSA) is 56.1 Å². The van der Waals surface area contributed by atoms with E-state index >= 15 is 0 Å². The van der Waals surface area contributed by atoms with Crippen LogP contribution in [-0.4, -0.2) is 29.7 Å². The number of halogens is 3. The van der Waals surface area contributed by atoms with Crippen molar-refractivity contribution in [2.45, 2.75) is 31.5 Å². The lowest BCUT2D eigenvalue weighted by Crippen LogP contribution is -2.50. The van der Waals surface area contributed by atoms with E-state index < -0.39 is 12.2 Å². The number of nitrogens with zero attached hydrogens (tertiary/aromatic N) is 2. The molecule has 112 valence electrons.